The van der Waals surface area contributed by atoms with Crippen molar-refractivity contribution in [2.24, 2.45) is 5.92 Å². The zero-order chi connectivity index (χ0) is 15.3. The summed E-state index contributed by atoms with van der Waals surface area (Å²) in [5.74, 6) is 1.22. The number of ether oxygens (including phenoxy) is 1. The number of nitrogens with zero attached hydrogens (tertiary/aromatic N) is 1. The summed E-state index contributed by atoms with van der Waals surface area (Å²) >= 11 is 0. The summed E-state index contributed by atoms with van der Waals surface area (Å²) in [7, 11) is 4.63. The number of hydrogen-bond acceptors (Lipinski definition) is 3. The molecule has 5 atom stereocenters. The van der Waals surface area contributed by atoms with Gasteiger partial charge in [-0.25, -0.2) is 0 Å². The number of hydrogen-bond donors (Lipinski definition) is 2. The van der Waals surface area contributed by atoms with Gasteiger partial charge in [0.15, 0.2) is 11.5 Å². The first-order valence-electron chi connectivity index (χ1n) is 8.16. The molecule has 4 nitrogen and oxygen atoms in total. The average molecular weight is 427 g/mol. The molecule has 0 saturated carbocycles. The first-order chi connectivity index (χ1) is 10.4. The van der Waals surface area contributed by atoms with Crippen LogP contribution in [0.1, 0.15) is 17.5 Å². The van der Waals surface area contributed by atoms with Crippen LogP contribution < -0.4 is 28.7 Å². The Hall–Kier alpha value is -0.790. The fourth-order valence-corrected chi connectivity index (χ4v) is 5.60. The van der Waals surface area contributed by atoms with Crippen molar-refractivity contribution in [2.45, 2.75) is 36.5 Å². The van der Waals surface area contributed by atoms with E-state index in [1.165, 1.54) is 11.1 Å². The van der Waals surface area contributed by atoms with Gasteiger partial charge in [0.1, 0.15) is 18.2 Å². The Morgan fingerprint density at radius 1 is 1.26 bits per heavy atom. The first-order valence-corrected chi connectivity index (χ1v) is 8.16. The normalized spacial score (nSPS) is 40.8. The summed E-state index contributed by atoms with van der Waals surface area (Å²) in [6, 6.07) is 4.31. The lowest BCUT2D eigenvalue weighted by Crippen LogP contribution is -3.00. The molecule has 1 spiro atoms. The van der Waals surface area contributed by atoms with Crippen molar-refractivity contribution >= 4 is 0 Å². The van der Waals surface area contributed by atoms with Crippen LogP contribution in [0.15, 0.2) is 24.3 Å². The third kappa shape index (κ3) is 1.68. The molecule has 2 N–H and O–H groups in total. The predicted molar refractivity (Wildman–Crippen MR) is 81.9 cm³/mol. The summed E-state index contributed by atoms with van der Waals surface area (Å²) in [5, 5.41) is 20.8. The van der Waals surface area contributed by atoms with Gasteiger partial charge in [0.05, 0.1) is 26.1 Å². The van der Waals surface area contributed by atoms with Crippen LogP contribution in [-0.4, -0.2) is 53.6 Å². The van der Waals surface area contributed by atoms with Gasteiger partial charge in [-0.2, -0.15) is 0 Å². The summed E-state index contributed by atoms with van der Waals surface area (Å²) in [5.41, 5.74) is 2.32. The minimum atomic E-state index is -0.594. The standard InChI is InChI=1S/C18H21NO3.HI/c1-19(2)8-7-18-11-4-6-14(21)17(18)22-16-13(20)5-3-10(15(16)18)9-12(11)19;/h3-6,11-12,14,17,21H,7-9H2,1-2H3;1H/t11-,12+,14-,17+,18-;/m0./s1. The summed E-state index contributed by atoms with van der Waals surface area (Å²) < 4.78 is 7.14. The number of aliphatic hydroxyl groups is 1. The van der Waals surface area contributed by atoms with E-state index < -0.39 is 6.10 Å². The van der Waals surface area contributed by atoms with Gasteiger partial charge in [-0.05, 0) is 11.6 Å². The summed E-state index contributed by atoms with van der Waals surface area (Å²) in [6.07, 6.45) is 5.28. The molecule has 1 aromatic rings. The topological polar surface area (TPSA) is 49.7 Å². The van der Waals surface area contributed by atoms with Gasteiger partial charge >= 0.3 is 0 Å². The number of aliphatic hydroxyl groups excluding tert-OH is 1. The van der Waals surface area contributed by atoms with Crippen molar-refractivity contribution in [2.75, 3.05) is 20.6 Å². The van der Waals surface area contributed by atoms with E-state index in [0.717, 1.165) is 23.9 Å². The zero-order valence-electron chi connectivity index (χ0n) is 13.4. The van der Waals surface area contributed by atoms with E-state index in [1.807, 2.05) is 6.08 Å². The average Bonchev–Trinajstić information content (AvgIpc) is 2.84. The highest BCUT2D eigenvalue weighted by atomic mass is 127. The molecule has 23 heavy (non-hydrogen) atoms. The Morgan fingerprint density at radius 2 is 2.04 bits per heavy atom. The molecule has 1 saturated heterocycles. The molecule has 2 aliphatic heterocycles. The van der Waals surface area contributed by atoms with Crippen LogP contribution in [0.25, 0.3) is 0 Å². The number of aromatic hydroxyl groups is 1. The number of phenolic OH excluding ortho intramolecular Hbond substituents is 1. The molecule has 0 aromatic heterocycles. The molecule has 5 heteroatoms. The first kappa shape index (κ1) is 15.7. The third-order valence-electron chi connectivity index (χ3n) is 6.70. The molecule has 5 rings (SSSR count). The van der Waals surface area contributed by atoms with Crippen molar-refractivity contribution in [3.05, 3.63) is 35.4 Å². The molecule has 2 aliphatic carbocycles. The number of likely N-dealkylation sites (N-methyl/N-ethyl adjacent to an activating group) is 1. The molecule has 2 heterocycles. The quantitative estimate of drug-likeness (QED) is 0.297. The smallest absolute Gasteiger partial charge is 0.165 e. The lowest BCUT2D eigenvalue weighted by Gasteiger charge is -2.58. The van der Waals surface area contributed by atoms with Crippen molar-refractivity contribution in [3.8, 4) is 11.5 Å². The number of halogens is 1. The van der Waals surface area contributed by atoms with E-state index >= 15 is 0 Å². The molecule has 0 amide bonds. The fraction of sp³-hybridized carbons (Fsp3) is 0.556. The zero-order valence-corrected chi connectivity index (χ0v) is 15.5. The van der Waals surface area contributed by atoms with Crippen molar-refractivity contribution in [1.82, 2.24) is 0 Å². The van der Waals surface area contributed by atoms with E-state index in [-0.39, 0.29) is 41.2 Å². The van der Waals surface area contributed by atoms with Crippen LogP contribution in [0, 0.1) is 5.92 Å². The summed E-state index contributed by atoms with van der Waals surface area (Å²) in [6.45, 7) is 1.08. The Kier molecular flexibility index (Phi) is 3.17. The van der Waals surface area contributed by atoms with Gasteiger partial charge in [-0.1, -0.05) is 18.2 Å². The van der Waals surface area contributed by atoms with Crippen molar-refractivity contribution in [1.29, 1.82) is 0 Å². The highest BCUT2D eigenvalue weighted by Gasteiger charge is 2.67. The van der Waals surface area contributed by atoms with Crippen molar-refractivity contribution < 1.29 is 43.4 Å². The predicted octanol–water partition coefficient (Wildman–Crippen LogP) is -1.65. The van der Waals surface area contributed by atoms with Crippen LogP contribution in [0.2, 0.25) is 0 Å². The molecular formula is C18H22INO3. The van der Waals surface area contributed by atoms with Crippen LogP contribution in [0.4, 0.5) is 0 Å². The molecule has 0 radical (unpaired) electrons. The number of phenols is 1. The van der Waals surface area contributed by atoms with E-state index in [1.54, 1.807) is 6.07 Å². The third-order valence-corrected chi connectivity index (χ3v) is 6.70. The number of quaternary nitrogens is 1. The summed E-state index contributed by atoms with van der Waals surface area (Å²) in [4.78, 5) is 0. The Bertz CT molecular complexity index is 716. The monoisotopic (exact) mass is 427 g/mol. The van der Waals surface area contributed by atoms with Crippen LogP contribution >= 0.6 is 0 Å². The number of rotatable bonds is 0. The van der Waals surface area contributed by atoms with E-state index in [4.69, 9.17) is 4.74 Å². The SMILES string of the molecule is C[N+]1(C)CC[C@]23c4c5ccc(O)c4O[C@@H]2[C@@H](O)C=C[C@H]3[C@H]1C5.[I-]. The Labute approximate surface area is 153 Å². The van der Waals surface area contributed by atoms with E-state index in [2.05, 4.69) is 26.2 Å². The molecule has 0 unspecified atom stereocenters. The van der Waals surface area contributed by atoms with Crippen molar-refractivity contribution in [3.63, 3.8) is 0 Å². The molecule has 1 aromatic carbocycles. The maximum Gasteiger partial charge on any atom is 0.165 e. The highest BCUT2D eigenvalue weighted by Crippen LogP contribution is 2.63. The molecule has 2 bridgehead atoms. The Morgan fingerprint density at radius 3 is 2.83 bits per heavy atom. The molecule has 1 fully saturated rings. The van der Waals surface area contributed by atoms with Gasteiger partial charge in [0, 0.05) is 24.3 Å². The minimum Gasteiger partial charge on any atom is -1.00 e. The van der Waals surface area contributed by atoms with Gasteiger partial charge in [0.2, 0.25) is 0 Å². The molecule has 4 aliphatic rings. The van der Waals surface area contributed by atoms with Crippen LogP contribution in [-0.2, 0) is 11.8 Å². The van der Waals surface area contributed by atoms with Crippen LogP contribution in [0.3, 0.4) is 0 Å². The van der Waals surface area contributed by atoms with Crippen LogP contribution in [0.5, 0.6) is 11.5 Å². The molecular weight excluding hydrogens is 405 g/mol. The van der Waals surface area contributed by atoms with Gasteiger partial charge in [0.25, 0.3) is 0 Å². The van der Waals surface area contributed by atoms with Gasteiger partial charge < -0.3 is 43.4 Å². The number of piperidine rings is 1. The fourth-order valence-electron chi connectivity index (χ4n) is 5.60. The number of benzene rings is 1. The maximum atomic E-state index is 10.5. The Balaban J connectivity index is 0.00000135. The molecule has 124 valence electrons. The van der Waals surface area contributed by atoms with E-state index in [0.29, 0.717) is 17.7 Å². The van der Waals surface area contributed by atoms with E-state index in [9.17, 15) is 10.2 Å². The minimum absolute atomic E-state index is 0. The highest BCUT2D eigenvalue weighted by molar-refractivity contribution is 5.61. The second kappa shape index (κ2) is 4.64. The lowest BCUT2D eigenvalue weighted by molar-refractivity contribution is -0.926. The largest absolute Gasteiger partial charge is 1.00 e. The second-order valence-corrected chi connectivity index (χ2v) is 7.95. The lowest BCUT2D eigenvalue weighted by atomic mass is 9.53. The second-order valence-electron chi connectivity index (χ2n) is 7.95. The maximum absolute atomic E-state index is 10.5. The number of likely N-dealkylation sites (tertiary alicyclic amines) is 1. The van der Waals surface area contributed by atoms with Gasteiger partial charge in [-0.3, -0.25) is 0 Å². The van der Waals surface area contributed by atoms with Gasteiger partial charge in [-0.15, -0.1) is 0 Å².